The summed E-state index contributed by atoms with van der Waals surface area (Å²) >= 11 is 0. The predicted octanol–water partition coefficient (Wildman–Crippen LogP) is 2.05. The van der Waals surface area contributed by atoms with Crippen LogP contribution in [-0.2, 0) is 16.0 Å². The largest absolute Gasteiger partial charge is 0.326 e. The SMILES string of the molecule is CC(=O)N1CCc2cc(NC(=O)CCC(C)(C)N)ccc21. The van der Waals surface area contributed by atoms with Crippen LogP contribution in [0.25, 0.3) is 0 Å². The number of benzene rings is 1. The number of nitrogens with zero attached hydrogens (tertiary/aromatic N) is 1. The van der Waals surface area contributed by atoms with Gasteiger partial charge in [-0.1, -0.05) is 0 Å². The Labute approximate surface area is 125 Å². The molecule has 5 heteroatoms. The molecule has 0 saturated carbocycles. The molecule has 0 fully saturated rings. The number of hydrogen-bond donors (Lipinski definition) is 2. The summed E-state index contributed by atoms with van der Waals surface area (Å²) in [5.74, 6) is 0.0191. The first kappa shape index (κ1) is 15.5. The molecule has 2 rings (SSSR count). The first-order chi connectivity index (χ1) is 9.76. The van der Waals surface area contributed by atoms with Crippen molar-refractivity contribution >= 4 is 23.2 Å². The van der Waals surface area contributed by atoms with Crippen molar-refractivity contribution in [2.75, 3.05) is 16.8 Å². The second-order valence-corrected chi connectivity index (χ2v) is 6.30. The summed E-state index contributed by atoms with van der Waals surface area (Å²) in [4.78, 5) is 25.2. The average Bonchev–Trinajstić information content (AvgIpc) is 2.78. The Balaban J connectivity index is 2.00. The van der Waals surface area contributed by atoms with Crippen molar-refractivity contribution in [1.82, 2.24) is 0 Å². The Kier molecular flexibility index (Phi) is 4.32. The van der Waals surface area contributed by atoms with Crippen LogP contribution in [0.5, 0.6) is 0 Å². The van der Waals surface area contributed by atoms with Crippen LogP contribution in [0.4, 0.5) is 11.4 Å². The number of anilines is 2. The summed E-state index contributed by atoms with van der Waals surface area (Å²) in [6.07, 6.45) is 1.87. The fourth-order valence-electron chi connectivity index (χ4n) is 2.47. The van der Waals surface area contributed by atoms with Crippen molar-refractivity contribution < 1.29 is 9.59 Å². The van der Waals surface area contributed by atoms with Crippen LogP contribution >= 0.6 is 0 Å². The number of carbonyl (C=O) groups is 2. The number of fused-ring (bicyclic) bond motifs is 1. The maximum Gasteiger partial charge on any atom is 0.224 e. The molecule has 1 aromatic carbocycles. The van der Waals surface area contributed by atoms with E-state index in [1.807, 2.05) is 32.0 Å². The number of rotatable bonds is 4. The van der Waals surface area contributed by atoms with E-state index in [4.69, 9.17) is 5.73 Å². The lowest BCUT2D eigenvalue weighted by Gasteiger charge is -2.18. The van der Waals surface area contributed by atoms with E-state index in [0.717, 1.165) is 23.4 Å². The monoisotopic (exact) mass is 289 g/mol. The van der Waals surface area contributed by atoms with Crippen molar-refractivity contribution in [3.8, 4) is 0 Å². The molecule has 0 unspecified atom stereocenters. The molecule has 114 valence electrons. The quantitative estimate of drug-likeness (QED) is 0.890. The third-order valence-corrected chi connectivity index (χ3v) is 3.64. The zero-order chi connectivity index (χ0) is 15.6. The normalized spacial score (nSPS) is 14.0. The van der Waals surface area contributed by atoms with Crippen LogP contribution in [0, 0.1) is 0 Å². The predicted molar refractivity (Wildman–Crippen MR) is 84.3 cm³/mol. The highest BCUT2D eigenvalue weighted by atomic mass is 16.2. The van der Waals surface area contributed by atoms with E-state index in [1.54, 1.807) is 11.8 Å². The molecule has 1 aromatic rings. The minimum Gasteiger partial charge on any atom is -0.326 e. The fourth-order valence-corrected chi connectivity index (χ4v) is 2.47. The lowest BCUT2D eigenvalue weighted by atomic mass is 10.00. The van der Waals surface area contributed by atoms with Crippen LogP contribution in [0.15, 0.2) is 18.2 Å². The van der Waals surface area contributed by atoms with Gasteiger partial charge in [0, 0.05) is 36.8 Å². The van der Waals surface area contributed by atoms with Gasteiger partial charge < -0.3 is 16.0 Å². The van der Waals surface area contributed by atoms with E-state index in [9.17, 15) is 9.59 Å². The van der Waals surface area contributed by atoms with Gasteiger partial charge in [-0.3, -0.25) is 9.59 Å². The number of nitrogens with two attached hydrogens (primary N) is 1. The molecule has 1 aliphatic rings. The highest BCUT2D eigenvalue weighted by Crippen LogP contribution is 2.30. The van der Waals surface area contributed by atoms with Crippen LogP contribution in [0.1, 0.15) is 39.2 Å². The van der Waals surface area contributed by atoms with Gasteiger partial charge in [0.15, 0.2) is 0 Å². The Morgan fingerprint density at radius 1 is 1.38 bits per heavy atom. The third kappa shape index (κ3) is 4.04. The zero-order valence-corrected chi connectivity index (χ0v) is 12.9. The second kappa shape index (κ2) is 5.85. The van der Waals surface area contributed by atoms with Gasteiger partial charge >= 0.3 is 0 Å². The molecule has 0 aromatic heterocycles. The van der Waals surface area contributed by atoms with Crippen molar-refractivity contribution in [2.24, 2.45) is 5.73 Å². The summed E-state index contributed by atoms with van der Waals surface area (Å²) in [6.45, 7) is 6.10. The van der Waals surface area contributed by atoms with E-state index < -0.39 is 0 Å². The first-order valence-corrected chi connectivity index (χ1v) is 7.26. The molecule has 1 aliphatic heterocycles. The molecule has 1 heterocycles. The smallest absolute Gasteiger partial charge is 0.224 e. The van der Waals surface area contributed by atoms with Crippen molar-refractivity contribution in [3.63, 3.8) is 0 Å². The number of nitrogens with one attached hydrogen (secondary N) is 1. The molecule has 0 bridgehead atoms. The van der Waals surface area contributed by atoms with Crippen molar-refractivity contribution in [1.29, 1.82) is 0 Å². The molecule has 0 radical (unpaired) electrons. The Morgan fingerprint density at radius 3 is 2.71 bits per heavy atom. The molecule has 0 spiro atoms. The molecule has 2 amide bonds. The van der Waals surface area contributed by atoms with Gasteiger partial charge in [-0.2, -0.15) is 0 Å². The van der Waals surface area contributed by atoms with Crippen LogP contribution < -0.4 is 16.0 Å². The van der Waals surface area contributed by atoms with E-state index in [2.05, 4.69) is 5.32 Å². The summed E-state index contributed by atoms with van der Waals surface area (Å²) in [5.41, 5.74) is 8.36. The van der Waals surface area contributed by atoms with Gasteiger partial charge in [-0.15, -0.1) is 0 Å². The topological polar surface area (TPSA) is 75.4 Å². The number of carbonyl (C=O) groups excluding carboxylic acids is 2. The van der Waals surface area contributed by atoms with Crippen LogP contribution in [0.2, 0.25) is 0 Å². The van der Waals surface area contributed by atoms with Crippen molar-refractivity contribution in [3.05, 3.63) is 23.8 Å². The van der Waals surface area contributed by atoms with Gasteiger partial charge in [0.2, 0.25) is 11.8 Å². The Hall–Kier alpha value is -1.88. The zero-order valence-electron chi connectivity index (χ0n) is 12.9. The van der Waals surface area contributed by atoms with Crippen LogP contribution in [0.3, 0.4) is 0 Å². The molecular formula is C16H23N3O2. The minimum atomic E-state index is -0.336. The maximum absolute atomic E-state index is 11.9. The molecular weight excluding hydrogens is 266 g/mol. The van der Waals surface area contributed by atoms with Gasteiger partial charge in [0.05, 0.1) is 0 Å². The highest BCUT2D eigenvalue weighted by molar-refractivity contribution is 5.95. The maximum atomic E-state index is 11.9. The fraction of sp³-hybridized carbons (Fsp3) is 0.500. The lowest BCUT2D eigenvalue weighted by Crippen LogP contribution is -2.33. The molecule has 0 aliphatic carbocycles. The molecule has 0 atom stereocenters. The third-order valence-electron chi connectivity index (χ3n) is 3.64. The van der Waals surface area contributed by atoms with E-state index >= 15 is 0 Å². The average molecular weight is 289 g/mol. The summed E-state index contributed by atoms with van der Waals surface area (Å²) in [7, 11) is 0. The number of hydrogen-bond acceptors (Lipinski definition) is 3. The summed E-state index contributed by atoms with van der Waals surface area (Å²) < 4.78 is 0. The molecule has 21 heavy (non-hydrogen) atoms. The molecule has 0 saturated heterocycles. The van der Waals surface area contributed by atoms with E-state index in [0.29, 0.717) is 19.4 Å². The lowest BCUT2D eigenvalue weighted by molar-refractivity contribution is -0.117. The molecule has 3 N–H and O–H groups in total. The van der Waals surface area contributed by atoms with E-state index in [-0.39, 0.29) is 17.4 Å². The Morgan fingerprint density at radius 2 is 2.10 bits per heavy atom. The first-order valence-electron chi connectivity index (χ1n) is 7.26. The Bertz CT molecular complexity index is 561. The summed E-state index contributed by atoms with van der Waals surface area (Å²) in [5, 5.41) is 2.89. The highest BCUT2D eigenvalue weighted by Gasteiger charge is 2.22. The van der Waals surface area contributed by atoms with Gasteiger partial charge in [0.25, 0.3) is 0 Å². The minimum absolute atomic E-state index is 0.0325. The van der Waals surface area contributed by atoms with Crippen molar-refractivity contribution in [2.45, 2.75) is 45.6 Å². The van der Waals surface area contributed by atoms with Gasteiger partial charge in [0.1, 0.15) is 0 Å². The van der Waals surface area contributed by atoms with E-state index in [1.165, 1.54) is 0 Å². The number of amides is 2. The standard InChI is InChI=1S/C16H23N3O2/c1-11(20)19-9-7-12-10-13(4-5-14(12)19)18-15(21)6-8-16(2,3)17/h4-5,10H,6-9,17H2,1-3H3,(H,18,21). The van der Waals surface area contributed by atoms with Gasteiger partial charge in [-0.25, -0.2) is 0 Å². The summed E-state index contributed by atoms with van der Waals surface area (Å²) in [6, 6.07) is 5.68. The van der Waals surface area contributed by atoms with Crippen LogP contribution in [-0.4, -0.2) is 23.9 Å². The van der Waals surface area contributed by atoms with Gasteiger partial charge in [-0.05, 0) is 50.5 Å². The second-order valence-electron chi connectivity index (χ2n) is 6.30. The molecule has 5 nitrogen and oxygen atoms in total.